The Morgan fingerprint density at radius 3 is 3.08 bits per heavy atom. The molecule has 1 aliphatic heterocycles. The summed E-state index contributed by atoms with van der Waals surface area (Å²) in [5, 5.41) is 0. The molecule has 2 N–H and O–H groups in total. The summed E-state index contributed by atoms with van der Waals surface area (Å²) in [6, 6.07) is 5.48. The standard InChI is InChI=1S/C9H8N2O/c10-7-1-2-8-6(3-7)4-11-9(8)5-12/h1-3,5H,4,10H2. The van der Waals surface area contributed by atoms with Crippen LogP contribution in [0, 0.1) is 0 Å². The summed E-state index contributed by atoms with van der Waals surface area (Å²) < 4.78 is 0. The number of fused-ring (bicyclic) bond motifs is 1. The number of nitrogen functional groups attached to an aromatic ring is 1. The first-order chi connectivity index (χ1) is 5.81. The Morgan fingerprint density at radius 2 is 2.33 bits per heavy atom. The third-order valence-corrected chi connectivity index (χ3v) is 1.94. The first-order valence-corrected chi connectivity index (χ1v) is 3.69. The molecule has 0 atom stereocenters. The van der Waals surface area contributed by atoms with Gasteiger partial charge in [0, 0.05) is 11.3 Å². The number of aldehydes is 1. The van der Waals surface area contributed by atoms with Crippen LogP contribution in [0.4, 0.5) is 5.69 Å². The SMILES string of the molecule is Nc1ccc2c(c1)CN=C2C=O. The van der Waals surface area contributed by atoms with Crippen molar-refractivity contribution in [3.8, 4) is 0 Å². The Bertz CT molecular complexity index is 369. The molecular formula is C9H8N2O. The Kier molecular flexibility index (Phi) is 1.43. The van der Waals surface area contributed by atoms with Crippen LogP contribution in [-0.4, -0.2) is 12.0 Å². The van der Waals surface area contributed by atoms with Gasteiger partial charge in [0.15, 0.2) is 6.29 Å². The van der Waals surface area contributed by atoms with Crippen LogP contribution in [0.3, 0.4) is 0 Å². The number of hydrogen-bond donors (Lipinski definition) is 1. The number of aliphatic imine (C=N–C) groups is 1. The van der Waals surface area contributed by atoms with Crippen molar-refractivity contribution in [1.29, 1.82) is 0 Å². The summed E-state index contributed by atoms with van der Waals surface area (Å²) in [7, 11) is 0. The summed E-state index contributed by atoms with van der Waals surface area (Å²) >= 11 is 0. The van der Waals surface area contributed by atoms with E-state index in [1.54, 1.807) is 6.07 Å². The number of anilines is 1. The van der Waals surface area contributed by atoms with E-state index in [-0.39, 0.29) is 0 Å². The lowest BCUT2D eigenvalue weighted by Crippen LogP contribution is -1.99. The molecule has 0 aliphatic carbocycles. The molecule has 0 unspecified atom stereocenters. The fraction of sp³-hybridized carbons (Fsp3) is 0.111. The zero-order valence-corrected chi connectivity index (χ0v) is 6.45. The van der Waals surface area contributed by atoms with E-state index >= 15 is 0 Å². The number of carbonyl (C=O) groups excluding carboxylic acids is 1. The van der Waals surface area contributed by atoms with Gasteiger partial charge < -0.3 is 5.73 Å². The van der Waals surface area contributed by atoms with Crippen molar-refractivity contribution in [2.24, 2.45) is 4.99 Å². The largest absolute Gasteiger partial charge is 0.399 e. The van der Waals surface area contributed by atoms with Crippen molar-refractivity contribution in [2.45, 2.75) is 6.54 Å². The molecule has 0 saturated carbocycles. The third-order valence-electron chi connectivity index (χ3n) is 1.94. The van der Waals surface area contributed by atoms with Crippen LogP contribution in [-0.2, 0) is 11.3 Å². The molecule has 0 saturated heterocycles. The smallest absolute Gasteiger partial charge is 0.168 e. The predicted octanol–water partition coefficient (Wildman–Crippen LogP) is 0.770. The number of carbonyl (C=O) groups is 1. The topological polar surface area (TPSA) is 55.4 Å². The molecule has 0 bridgehead atoms. The lowest BCUT2D eigenvalue weighted by Gasteiger charge is -1.98. The van der Waals surface area contributed by atoms with E-state index in [1.165, 1.54) is 0 Å². The van der Waals surface area contributed by atoms with Crippen LogP contribution >= 0.6 is 0 Å². The first kappa shape index (κ1) is 7.03. The predicted molar refractivity (Wildman–Crippen MR) is 47.2 cm³/mol. The van der Waals surface area contributed by atoms with Crippen molar-refractivity contribution in [3.63, 3.8) is 0 Å². The molecule has 0 fully saturated rings. The Balaban J connectivity index is 2.54. The van der Waals surface area contributed by atoms with Gasteiger partial charge in [-0.05, 0) is 17.7 Å². The molecule has 0 spiro atoms. The zero-order valence-electron chi connectivity index (χ0n) is 6.45. The van der Waals surface area contributed by atoms with Gasteiger partial charge in [-0.1, -0.05) is 6.07 Å². The van der Waals surface area contributed by atoms with Crippen molar-refractivity contribution in [1.82, 2.24) is 0 Å². The van der Waals surface area contributed by atoms with Crippen LogP contribution in [0.2, 0.25) is 0 Å². The molecule has 60 valence electrons. The van der Waals surface area contributed by atoms with Crippen LogP contribution in [0.5, 0.6) is 0 Å². The average molecular weight is 160 g/mol. The maximum absolute atomic E-state index is 10.5. The van der Waals surface area contributed by atoms with Crippen LogP contribution in [0.15, 0.2) is 23.2 Å². The highest BCUT2D eigenvalue weighted by molar-refractivity contribution is 6.37. The molecule has 1 heterocycles. The van der Waals surface area contributed by atoms with Crippen molar-refractivity contribution >= 4 is 17.7 Å². The summed E-state index contributed by atoms with van der Waals surface area (Å²) in [5.74, 6) is 0. The minimum atomic E-state index is 0.532. The molecule has 1 aromatic rings. The van der Waals surface area contributed by atoms with Gasteiger partial charge in [-0.15, -0.1) is 0 Å². The van der Waals surface area contributed by atoms with Gasteiger partial charge in [0.25, 0.3) is 0 Å². The van der Waals surface area contributed by atoms with Gasteiger partial charge in [-0.3, -0.25) is 9.79 Å². The van der Waals surface area contributed by atoms with E-state index in [9.17, 15) is 4.79 Å². The van der Waals surface area contributed by atoms with E-state index < -0.39 is 0 Å². The molecule has 12 heavy (non-hydrogen) atoms. The van der Waals surface area contributed by atoms with Gasteiger partial charge in [-0.2, -0.15) is 0 Å². The van der Waals surface area contributed by atoms with Gasteiger partial charge in [0.2, 0.25) is 0 Å². The monoisotopic (exact) mass is 160 g/mol. The summed E-state index contributed by atoms with van der Waals surface area (Å²) in [4.78, 5) is 14.5. The number of hydrogen-bond acceptors (Lipinski definition) is 3. The van der Waals surface area contributed by atoms with Crippen molar-refractivity contribution in [3.05, 3.63) is 29.3 Å². The normalized spacial score (nSPS) is 13.8. The van der Waals surface area contributed by atoms with E-state index in [2.05, 4.69) is 4.99 Å². The zero-order chi connectivity index (χ0) is 8.55. The van der Waals surface area contributed by atoms with E-state index in [0.717, 1.165) is 23.1 Å². The summed E-state index contributed by atoms with van der Waals surface area (Å²) in [5.41, 5.74) is 8.78. The number of rotatable bonds is 1. The fourth-order valence-corrected chi connectivity index (χ4v) is 1.35. The minimum absolute atomic E-state index is 0.532. The highest BCUT2D eigenvalue weighted by Crippen LogP contribution is 2.20. The second kappa shape index (κ2) is 2.44. The molecule has 3 nitrogen and oxygen atoms in total. The average Bonchev–Trinajstić information content (AvgIpc) is 2.46. The Labute approximate surface area is 69.9 Å². The Hall–Kier alpha value is -1.64. The second-order valence-corrected chi connectivity index (χ2v) is 2.74. The summed E-state index contributed by atoms with van der Waals surface area (Å²) in [6.07, 6.45) is 0.780. The first-order valence-electron chi connectivity index (χ1n) is 3.69. The Morgan fingerprint density at radius 1 is 1.50 bits per heavy atom. The molecule has 3 heteroatoms. The highest BCUT2D eigenvalue weighted by atomic mass is 16.1. The van der Waals surface area contributed by atoms with Crippen LogP contribution < -0.4 is 5.73 Å². The maximum atomic E-state index is 10.5. The third kappa shape index (κ3) is 0.906. The second-order valence-electron chi connectivity index (χ2n) is 2.74. The summed E-state index contributed by atoms with van der Waals surface area (Å²) in [6.45, 7) is 0.578. The molecule has 0 radical (unpaired) electrons. The van der Waals surface area contributed by atoms with Crippen LogP contribution in [0.1, 0.15) is 11.1 Å². The molecular weight excluding hydrogens is 152 g/mol. The molecule has 0 amide bonds. The number of nitrogens with zero attached hydrogens (tertiary/aromatic N) is 1. The lowest BCUT2D eigenvalue weighted by molar-refractivity contribution is -0.102. The molecule has 1 aromatic carbocycles. The molecule has 1 aliphatic rings. The van der Waals surface area contributed by atoms with E-state index in [1.807, 2.05) is 12.1 Å². The maximum Gasteiger partial charge on any atom is 0.168 e. The number of benzene rings is 1. The van der Waals surface area contributed by atoms with Gasteiger partial charge in [0.1, 0.15) is 5.71 Å². The van der Waals surface area contributed by atoms with E-state index in [0.29, 0.717) is 12.3 Å². The molecule has 2 rings (SSSR count). The highest BCUT2D eigenvalue weighted by Gasteiger charge is 2.14. The van der Waals surface area contributed by atoms with Gasteiger partial charge in [-0.25, -0.2) is 0 Å². The van der Waals surface area contributed by atoms with Crippen molar-refractivity contribution < 1.29 is 4.79 Å². The lowest BCUT2D eigenvalue weighted by atomic mass is 10.1. The van der Waals surface area contributed by atoms with Crippen LogP contribution in [0.25, 0.3) is 0 Å². The quantitative estimate of drug-likeness (QED) is 0.487. The number of nitrogens with two attached hydrogens (primary N) is 1. The van der Waals surface area contributed by atoms with E-state index in [4.69, 9.17) is 5.73 Å². The molecule has 0 aromatic heterocycles. The van der Waals surface area contributed by atoms with Gasteiger partial charge >= 0.3 is 0 Å². The van der Waals surface area contributed by atoms with Crippen molar-refractivity contribution in [2.75, 3.05) is 5.73 Å². The van der Waals surface area contributed by atoms with Gasteiger partial charge in [0.05, 0.1) is 6.54 Å². The fourth-order valence-electron chi connectivity index (χ4n) is 1.35. The minimum Gasteiger partial charge on any atom is -0.399 e.